The summed E-state index contributed by atoms with van der Waals surface area (Å²) in [6, 6.07) is 10.7. The van der Waals surface area contributed by atoms with E-state index in [0.29, 0.717) is 19.0 Å². The second-order valence-corrected chi connectivity index (χ2v) is 8.75. The number of halogens is 1. The van der Waals surface area contributed by atoms with Gasteiger partial charge in [-0.1, -0.05) is 30.3 Å². The molecule has 1 heterocycles. The van der Waals surface area contributed by atoms with Gasteiger partial charge in [0.2, 0.25) is 10.0 Å². The van der Waals surface area contributed by atoms with E-state index < -0.39 is 10.0 Å². The summed E-state index contributed by atoms with van der Waals surface area (Å²) >= 11 is 0. The molecule has 0 unspecified atom stereocenters. The van der Waals surface area contributed by atoms with Crippen LogP contribution in [0.15, 0.2) is 35.3 Å². The van der Waals surface area contributed by atoms with Gasteiger partial charge < -0.3 is 10.2 Å². The molecule has 2 rings (SSSR count). The molecule has 1 fully saturated rings. The Hall–Kier alpha value is -0.870. The third-order valence-corrected chi connectivity index (χ3v) is 6.10. The number of hydrogen-bond acceptors (Lipinski definition) is 3. The third-order valence-electron chi connectivity index (χ3n) is 4.69. The molecule has 0 aliphatic carbocycles. The van der Waals surface area contributed by atoms with E-state index in [9.17, 15) is 8.42 Å². The fourth-order valence-corrected chi connectivity index (χ4v) is 3.79. The molecule has 1 aromatic carbocycles. The smallest absolute Gasteiger partial charge is 0.211 e. The summed E-state index contributed by atoms with van der Waals surface area (Å²) in [7, 11) is -3.14. The van der Waals surface area contributed by atoms with Crippen LogP contribution in [0.1, 0.15) is 32.3 Å². The quantitative estimate of drug-likeness (QED) is 0.245. The van der Waals surface area contributed by atoms with E-state index in [1.54, 1.807) is 6.92 Å². The molecule has 1 aliphatic rings. The Balaban J connectivity index is 0.00000364. The molecule has 0 spiro atoms. The fourth-order valence-electron chi connectivity index (χ4n) is 3.19. The molecule has 6 nitrogen and oxygen atoms in total. The maximum absolute atomic E-state index is 11.5. The molecule has 1 aliphatic heterocycles. The summed E-state index contributed by atoms with van der Waals surface area (Å²) in [6.07, 6.45) is 3.45. The van der Waals surface area contributed by atoms with Gasteiger partial charge in [-0.2, -0.15) is 0 Å². The van der Waals surface area contributed by atoms with Gasteiger partial charge in [0.1, 0.15) is 0 Å². The van der Waals surface area contributed by atoms with Crippen molar-refractivity contribution in [2.45, 2.75) is 33.1 Å². The molecule has 154 valence electrons. The van der Waals surface area contributed by atoms with Crippen molar-refractivity contribution in [1.82, 2.24) is 14.9 Å². The fraction of sp³-hybridized carbons (Fsp3) is 0.632. The van der Waals surface area contributed by atoms with Gasteiger partial charge in [0, 0.05) is 26.2 Å². The molecule has 0 amide bonds. The van der Waals surface area contributed by atoms with Crippen LogP contribution in [0.2, 0.25) is 0 Å². The Morgan fingerprint density at radius 1 is 1.19 bits per heavy atom. The molecule has 27 heavy (non-hydrogen) atoms. The highest BCUT2D eigenvalue weighted by atomic mass is 127. The Bertz CT molecular complexity index is 660. The highest BCUT2D eigenvalue weighted by molar-refractivity contribution is 14.0. The zero-order valence-corrected chi connectivity index (χ0v) is 19.5. The number of guanidine groups is 1. The first-order valence-electron chi connectivity index (χ1n) is 9.58. The van der Waals surface area contributed by atoms with E-state index in [0.717, 1.165) is 44.9 Å². The summed E-state index contributed by atoms with van der Waals surface area (Å²) < 4.78 is 25.5. The Morgan fingerprint density at radius 2 is 1.85 bits per heavy atom. The summed E-state index contributed by atoms with van der Waals surface area (Å²) in [4.78, 5) is 6.88. The molecule has 8 heteroatoms. The number of hydrogen-bond donors (Lipinski definition) is 2. The van der Waals surface area contributed by atoms with Gasteiger partial charge in [-0.25, -0.2) is 13.1 Å². The molecular formula is C19H33IN4O2S. The second kappa shape index (κ2) is 12.6. The van der Waals surface area contributed by atoms with Crippen LogP contribution in [0.5, 0.6) is 0 Å². The van der Waals surface area contributed by atoms with E-state index >= 15 is 0 Å². The molecule has 0 radical (unpaired) electrons. The molecule has 0 bridgehead atoms. The minimum absolute atomic E-state index is 0. The van der Waals surface area contributed by atoms with Crippen molar-refractivity contribution in [1.29, 1.82) is 0 Å². The van der Waals surface area contributed by atoms with E-state index in [1.807, 2.05) is 0 Å². The first-order chi connectivity index (χ1) is 12.5. The van der Waals surface area contributed by atoms with Crippen molar-refractivity contribution < 1.29 is 8.42 Å². The van der Waals surface area contributed by atoms with Crippen molar-refractivity contribution in [3.63, 3.8) is 0 Å². The van der Waals surface area contributed by atoms with E-state index in [2.05, 4.69) is 57.2 Å². The lowest BCUT2D eigenvalue weighted by Gasteiger charge is -2.34. The third kappa shape index (κ3) is 8.78. The molecular weight excluding hydrogens is 475 g/mol. The topological polar surface area (TPSA) is 73.8 Å². The predicted molar refractivity (Wildman–Crippen MR) is 123 cm³/mol. The van der Waals surface area contributed by atoms with Crippen LogP contribution in [-0.4, -0.2) is 57.8 Å². The van der Waals surface area contributed by atoms with Gasteiger partial charge >= 0.3 is 0 Å². The number of benzene rings is 1. The van der Waals surface area contributed by atoms with E-state index in [4.69, 9.17) is 0 Å². The molecule has 0 atom stereocenters. The molecule has 1 aromatic rings. The van der Waals surface area contributed by atoms with Crippen LogP contribution in [0.25, 0.3) is 0 Å². The van der Waals surface area contributed by atoms with E-state index in [1.165, 1.54) is 5.56 Å². The van der Waals surface area contributed by atoms with Crippen LogP contribution in [0.4, 0.5) is 0 Å². The minimum atomic E-state index is -3.14. The highest BCUT2D eigenvalue weighted by Gasteiger charge is 2.21. The van der Waals surface area contributed by atoms with Gasteiger partial charge in [-0.15, -0.1) is 24.0 Å². The van der Waals surface area contributed by atoms with Crippen molar-refractivity contribution in [3.8, 4) is 0 Å². The monoisotopic (exact) mass is 508 g/mol. The lowest BCUT2D eigenvalue weighted by Crippen LogP contribution is -2.46. The Morgan fingerprint density at radius 3 is 2.44 bits per heavy atom. The van der Waals surface area contributed by atoms with Crippen LogP contribution in [0, 0.1) is 5.92 Å². The summed E-state index contributed by atoms with van der Waals surface area (Å²) in [5, 5.41) is 3.33. The number of aliphatic imine (C=N–C) groups is 1. The van der Waals surface area contributed by atoms with Gasteiger partial charge in [0.25, 0.3) is 0 Å². The number of sulfonamides is 1. The first-order valence-corrected chi connectivity index (χ1v) is 11.2. The normalized spacial score (nSPS) is 16.1. The van der Waals surface area contributed by atoms with Crippen LogP contribution >= 0.6 is 24.0 Å². The maximum atomic E-state index is 11.5. The van der Waals surface area contributed by atoms with Crippen LogP contribution < -0.4 is 10.0 Å². The molecule has 2 N–H and O–H groups in total. The number of piperidine rings is 1. The van der Waals surface area contributed by atoms with Crippen LogP contribution in [0.3, 0.4) is 0 Å². The SMILES string of the molecule is CCNC(=NCCNS(=O)(=O)CC)N1CCC(Cc2ccccc2)CC1.I. The van der Waals surface area contributed by atoms with Crippen molar-refractivity contribution in [2.75, 3.05) is 38.5 Å². The molecule has 0 aromatic heterocycles. The van der Waals surface area contributed by atoms with E-state index in [-0.39, 0.29) is 29.7 Å². The number of rotatable bonds is 8. The lowest BCUT2D eigenvalue weighted by atomic mass is 9.90. The zero-order valence-electron chi connectivity index (χ0n) is 16.4. The minimum Gasteiger partial charge on any atom is -0.357 e. The Labute approximate surface area is 181 Å². The lowest BCUT2D eigenvalue weighted by molar-refractivity contribution is 0.259. The Kier molecular flexibility index (Phi) is 11.2. The maximum Gasteiger partial charge on any atom is 0.211 e. The van der Waals surface area contributed by atoms with Crippen molar-refractivity contribution in [3.05, 3.63) is 35.9 Å². The second-order valence-electron chi connectivity index (χ2n) is 6.65. The standard InChI is InChI=1S/C19H32N4O2S.HI/c1-3-20-19(21-12-13-22-26(24,25)4-2)23-14-10-18(11-15-23)16-17-8-6-5-7-9-17;/h5-9,18,22H,3-4,10-16H2,1-2H3,(H,20,21);1H. The van der Waals surface area contributed by atoms with Crippen molar-refractivity contribution in [2.24, 2.45) is 10.9 Å². The van der Waals surface area contributed by atoms with Gasteiger partial charge in [-0.05, 0) is 44.6 Å². The average molecular weight is 508 g/mol. The van der Waals surface area contributed by atoms with Gasteiger partial charge in [-0.3, -0.25) is 4.99 Å². The van der Waals surface area contributed by atoms with Crippen molar-refractivity contribution >= 4 is 40.0 Å². The van der Waals surface area contributed by atoms with Crippen LogP contribution in [-0.2, 0) is 16.4 Å². The number of likely N-dealkylation sites (tertiary alicyclic amines) is 1. The largest absolute Gasteiger partial charge is 0.357 e. The summed E-state index contributed by atoms with van der Waals surface area (Å²) in [5.74, 6) is 1.71. The zero-order chi connectivity index (χ0) is 18.8. The predicted octanol–water partition coefficient (Wildman–Crippen LogP) is 2.46. The average Bonchev–Trinajstić information content (AvgIpc) is 2.66. The summed E-state index contributed by atoms with van der Waals surface area (Å²) in [5.41, 5.74) is 1.41. The van der Waals surface area contributed by atoms with Gasteiger partial charge in [0.05, 0.1) is 12.3 Å². The van der Waals surface area contributed by atoms with Gasteiger partial charge in [0.15, 0.2) is 5.96 Å². The molecule has 0 saturated carbocycles. The first kappa shape index (κ1) is 24.2. The molecule has 1 saturated heterocycles. The number of nitrogens with one attached hydrogen (secondary N) is 2. The highest BCUT2D eigenvalue weighted by Crippen LogP contribution is 2.21. The summed E-state index contributed by atoms with van der Waals surface area (Å²) in [6.45, 7) is 7.27. The number of nitrogens with zero attached hydrogens (tertiary/aromatic N) is 2.